The number of hydrogen-bond acceptors (Lipinski definition) is 11. The standard InChI is InChI=1S/C11H20N2O6.C8H16N2O5.C6H14.C2H5NO/c1-2-9(14)12-3-4-18-5-6-19-8-10(15)13-7-11(16)17;9-1-2-14-3-4-15-6-7(11)10-5-8(12)13;1-3-5-6-4-2;1-2(3)4/h2-8H2,1H3,(H,12,14)(H,13,15)(H,16,17);1-6,9H2,(H,10,11)(H,12,13);3-6H2,1-2H3;1H3,(H2,3,4). The predicted octanol–water partition coefficient (Wildman–Crippen LogP) is -0.996. The Morgan fingerprint density at radius 1 is 0.614 bits per heavy atom. The summed E-state index contributed by atoms with van der Waals surface area (Å²) in [6, 6.07) is 0. The molecular formula is C27H55N5O12. The van der Waals surface area contributed by atoms with Gasteiger partial charge >= 0.3 is 11.9 Å². The van der Waals surface area contributed by atoms with Crippen molar-refractivity contribution >= 4 is 35.6 Å². The van der Waals surface area contributed by atoms with Gasteiger partial charge in [-0.15, -0.1) is 0 Å². The van der Waals surface area contributed by atoms with E-state index in [1.54, 1.807) is 6.92 Å². The second kappa shape index (κ2) is 39.6. The van der Waals surface area contributed by atoms with E-state index in [9.17, 15) is 28.8 Å². The number of carboxylic acids is 2. The Balaban J connectivity index is -0.000000282. The van der Waals surface area contributed by atoms with Gasteiger partial charge in [0.15, 0.2) is 0 Å². The van der Waals surface area contributed by atoms with Gasteiger partial charge in [-0.25, -0.2) is 0 Å². The molecule has 17 nitrogen and oxygen atoms in total. The highest BCUT2D eigenvalue weighted by Gasteiger charge is 2.04. The van der Waals surface area contributed by atoms with E-state index in [-0.39, 0.29) is 38.2 Å². The fourth-order valence-electron chi connectivity index (χ4n) is 2.19. The van der Waals surface area contributed by atoms with Gasteiger partial charge in [0.1, 0.15) is 26.3 Å². The van der Waals surface area contributed by atoms with Crippen LogP contribution in [0.3, 0.4) is 0 Å². The molecule has 0 bridgehead atoms. The number of primary amides is 1. The molecule has 44 heavy (non-hydrogen) atoms. The predicted molar refractivity (Wildman–Crippen MR) is 162 cm³/mol. The van der Waals surface area contributed by atoms with Crippen LogP contribution in [0.25, 0.3) is 0 Å². The zero-order valence-corrected chi connectivity index (χ0v) is 26.7. The SMILES string of the molecule is CC(N)=O.CCC(=O)NCCOCCOCC(=O)NCC(=O)O.CCCCCC.NCCOCCOCC(=O)NCC(=O)O. The molecule has 0 unspecified atom stereocenters. The molecule has 0 aliphatic heterocycles. The van der Waals surface area contributed by atoms with Crippen LogP contribution < -0.4 is 27.4 Å². The average molecular weight is 642 g/mol. The number of carbonyl (C=O) groups excluding carboxylic acids is 4. The summed E-state index contributed by atoms with van der Waals surface area (Å²) < 4.78 is 20.0. The van der Waals surface area contributed by atoms with E-state index in [2.05, 4.69) is 35.5 Å². The topological polar surface area (TPSA) is 268 Å². The molecule has 0 radical (unpaired) electrons. The van der Waals surface area contributed by atoms with E-state index >= 15 is 0 Å². The molecule has 9 N–H and O–H groups in total. The van der Waals surface area contributed by atoms with Crippen molar-refractivity contribution in [3.8, 4) is 0 Å². The van der Waals surface area contributed by atoms with Gasteiger partial charge in [0.25, 0.3) is 0 Å². The highest BCUT2D eigenvalue weighted by atomic mass is 16.5. The normalized spacial score (nSPS) is 9.48. The molecule has 0 aromatic rings. The fraction of sp³-hybridized carbons (Fsp3) is 0.778. The van der Waals surface area contributed by atoms with E-state index in [4.69, 9.17) is 34.9 Å². The minimum absolute atomic E-state index is 0.0325. The summed E-state index contributed by atoms with van der Waals surface area (Å²) in [5, 5.41) is 23.5. The third-order valence-electron chi connectivity index (χ3n) is 4.19. The maximum Gasteiger partial charge on any atom is 0.322 e. The molecule has 4 amide bonds. The van der Waals surface area contributed by atoms with Crippen molar-refractivity contribution in [1.29, 1.82) is 0 Å². The highest BCUT2D eigenvalue weighted by molar-refractivity contribution is 5.82. The van der Waals surface area contributed by atoms with Crippen molar-refractivity contribution in [2.45, 2.75) is 59.8 Å². The molecule has 260 valence electrons. The summed E-state index contributed by atoms with van der Waals surface area (Å²) in [4.78, 5) is 62.2. The molecular weight excluding hydrogens is 586 g/mol. The summed E-state index contributed by atoms with van der Waals surface area (Å²) in [7, 11) is 0. The van der Waals surface area contributed by atoms with Crippen molar-refractivity contribution in [2.24, 2.45) is 11.5 Å². The molecule has 0 fully saturated rings. The Bertz CT molecular complexity index is 734. The van der Waals surface area contributed by atoms with Gasteiger partial charge in [-0.1, -0.05) is 46.5 Å². The highest BCUT2D eigenvalue weighted by Crippen LogP contribution is 1.95. The Morgan fingerprint density at radius 3 is 1.34 bits per heavy atom. The molecule has 0 saturated heterocycles. The average Bonchev–Trinajstić information content (AvgIpc) is 2.97. The van der Waals surface area contributed by atoms with Gasteiger partial charge in [0.05, 0.1) is 39.6 Å². The van der Waals surface area contributed by atoms with Crippen LogP contribution in [-0.2, 0) is 47.7 Å². The summed E-state index contributed by atoms with van der Waals surface area (Å²) in [5.41, 5.74) is 9.65. The van der Waals surface area contributed by atoms with Crippen molar-refractivity contribution in [3.63, 3.8) is 0 Å². The van der Waals surface area contributed by atoms with Crippen molar-refractivity contribution in [2.75, 3.05) is 79.0 Å². The molecule has 17 heteroatoms. The number of amides is 4. The molecule has 0 rings (SSSR count). The van der Waals surface area contributed by atoms with Crippen LogP contribution >= 0.6 is 0 Å². The molecule has 0 heterocycles. The zero-order valence-electron chi connectivity index (χ0n) is 26.7. The number of ether oxygens (including phenoxy) is 4. The lowest BCUT2D eigenvalue weighted by Crippen LogP contribution is -2.32. The van der Waals surface area contributed by atoms with Gasteiger partial charge in [-0.2, -0.15) is 0 Å². The van der Waals surface area contributed by atoms with Crippen LogP contribution in [0, 0.1) is 0 Å². The monoisotopic (exact) mass is 641 g/mol. The Hall–Kier alpha value is -3.38. The number of nitrogens with one attached hydrogen (secondary N) is 3. The zero-order chi connectivity index (χ0) is 34.4. The van der Waals surface area contributed by atoms with Crippen molar-refractivity contribution in [1.82, 2.24) is 16.0 Å². The third-order valence-corrected chi connectivity index (χ3v) is 4.19. The largest absolute Gasteiger partial charge is 0.480 e. The molecule has 0 aromatic carbocycles. The second-order valence-electron chi connectivity index (χ2n) is 8.48. The lowest BCUT2D eigenvalue weighted by Gasteiger charge is -2.06. The molecule has 0 aliphatic carbocycles. The van der Waals surface area contributed by atoms with Crippen LogP contribution in [0.2, 0.25) is 0 Å². The molecule has 0 spiro atoms. The van der Waals surface area contributed by atoms with E-state index in [0.717, 1.165) is 0 Å². The Kier molecular flexibility index (Phi) is 42.8. The first-order valence-electron chi connectivity index (χ1n) is 14.4. The number of nitrogens with two attached hydrogens (primary N) is 2. The number of unbranched alkanes of at least 4 members (excludes halogenated alkanes) is 3. The minimum Gasteiger partial charge on any atom is -0.480 e. The second-order valence-corrected chi connectivity index (χ2v) is 8.48. The molecule has 0 aromatic heterocycles. The number of hydrogen-bond donors (Lipinski definition) is 7. The number of aliphatic carboxylic acids is 2. The Labute approximate surface area is 260 Å². The summed E-state index contributed by atoms with van der Waals surface area (Å²) in [6.45, 7) is 9.22. The lowest BCUT2D eigenvalue weighted by molar-refractivity contribution is -0.139. The fourth-order valence-corrected chi connectivity index (χ4v) is 2.19. The van der Waals surface area contributed by atoms with E-state index < -0.39 is 36.8 Å². The van der Waals surface area contributed by atoms with Gasteiger partial charge < -0.3 is 56.6 Å². The quantitative estimate of drug-likeness (QED) is 0.0661. The number of carboxylic acid groups (broad SMARTS) is 2. The van der Waals surface area contributed by atoms with Crippen molar-refractivity contribution in [3.05, 3.63) is 0 Å². The third kappa shape index (κ3) is 58.3. The van der Waals surface area contributed by atoms with Crippen LogP contribution in [0.4, 0.5) is 0 Å². The smallest absolute Gasteiger partial charge is 0.322 e. The summed E-state index contributed by atoms with van der Waals surface area (Å²) >= 11 is 0. The first-order valence-corrected chi connectivity index (χ1v) is 14.4. The van der Waals surface area contributed by atoms with E-state index in [1.165, 1.54) is 32.6 Å². The summed E-state index contributed by atoms with van der Waals surface area (Å²) in [6.07, 6.45) is 5.98. The van der Waals surface area contributed by atoms with Gasteiger partial charge in [-0.05, 0) is 0 Å². The first kappa shape index (κ1) is 47.5. The number of rotatable bonds is 23. The lowest BCUT2D eigenvalue weighted by atomic mass is 10.2. The maximum atomic E-state index is 11.0. The van der Waals surface area contributed by atoms with E-state index in [0.29, 0.717) is 45.9 Å². The molecule has 0 saturated carbocycles. The van der Waals surface area contributed by atoms with Gasteiger partial charge in [0, 0.05) is 26.4 Å². The van der Waals surface area contributed by atoms with Gasteiger partial charge in [-0.3, -0.25) is 28.8 Å². The summed E-state index contributed by atoms with van der Waals surface area (Å²) in [5.74, 6) is -3.51. The molecule has 0 aliphatic rings. The Morgan fingerprint density at radius 2 is 1.00 bits per heavy atom. The van der Waals surface area contributed by atoms with Crippen LogP contribution in [0.5, 0.6) is 0 Å². The first-order chi connectivity index (χ1) is 20.9. The van der Waals surface area contributed by atoms with Crippen LogP contribution in [-0.4, -0.2) is 125 Å². The van der Waals surface area contributed by atoms with E-state index in [1.807, 2.05) is 0 Å². The van der Waals surface area contributed by atoms with Gasteiger partial charge in [0.2, 0.25) is 23.6 Å². The maximum absolute atomic E-state index is 11.0. The minimum atomic E-state index is -1.11. The molecule has 0 atom stereocenters. The van der Waals surface area contributed by atoms with Crippen LogP contribution in [0.15, 0.2) is 0 Å². The number of carbonyl (C=O) groups is 6. The van der Waals surface area contributed by atoms with Crippen LogP contribution in [0.1, 0.15) is 59.8 Å². The van der Waals surface area contributed by atoms with Crippen molar-refractivity contribution < 1.29 is 57.9 Å².